The number of nitrogens with two attached hydrogens (primary N) is 1. The van der Waals surface area contributed by atoms with E-state index in [1.165, 1.54) is 12.1 Å². The van der Waals surface area contributed by atoms with E-state index < -0.39 is 0 Å². The number of likely N-dealkylation sites (N-methyl/N-ethyl adjacent to an activating group) is 1. The van der Waals surface area contributed by atoms with Crippen LogP contribution in [-0.4, -0.2) is 24.0 Å². The van der Waals surface area contributed by atoms with Crippen molar-refractivity contribution in [2.24, 2.45) is 11.7 Å². The van der Waals surface area contributed by atoms with Crippen molar-refractivity contribution in [1.82, 2.24) is 4.90 Å². The molecule has 0 fully saturated rings. The first-order valence-electron chi connectivity index (χ1n) is 7.59. The van der Waals surface area contributed by atoms with Gasteiger partial charge in [-0.3, -0.25) is 4.90 Å². The summed E-state index contributed by atoms with van der Waals surface area (Å²) in [5.74, 6) is 0.453. The summed E-state index contributed by atoms with van der Waals surface area (Å²) in [6.07, 6.45) is 2.03. The van der Waals surface area contributed by atoms with E-state index in [0.29, 0.717) is 12.0 Å². The molecule has 0 saturated carbocycles. The number of nitrogens with zero attached hydrogens (tertiary/aromatic N) is 1. The van der Waals surface area contributed by atoms with Gasteiger partial charge in [0, 0.05) is 18.1 Å². The zero-order valence-corrected chi connectivity index (χ0v) is 13.4. The molecule has 2 nitrogen and oxygen atoms in total. The van der Waals surface area contributed by atoms with Crippen molar-refractivity contribution >= 4 is 0 Å². The minimum absolute atomic E-state index is 0.0556. The Morgan fingerprint density at radius 2 is 1.70 bits per heavy atom. The molecule has 1 rings (SSSR count). The van der Waals surface area contributed by atoms with Gasteiger partial charge in [-0.05, 0) is 50.4 Å². The predicted molar refractivity (Wildman–Crippen MR) is 84.1 cm³/mol. The van der Waals surface area contributed by atoms with Crippen molar-refractivity contribution in [3.8, 4) is 0 Å². The monoisotopic (exact) mass is 280 g/mol. The molecular weight excluding hydrogens is 251 g/mol. The molecule has 0 aliphatic rings. The highest BCUT2D eigenvalue weighted by atomic mass is 19.1. The van der Waals surface area contributed by atoms with E-state index in [2.05, 4.69) is 39.6 Å². The molecule has 0 heterocycles. The van der Waals surface area contributed by atoms with Gasteiger partial charge in [-0.25, -0.2) is 4.39 Å². The first kappa shape index (κ1) is 17.1. The van der Waals surface area contributed by atoms with Crippen LogP contribution in [0.3, 0.4) is 0 Å². The lowest BCUT2D eigenvalue weighted by atomic mass is 9.94. The molecule has 3 heteroatoms. The summed E-state index contributed by atoms with van der Waals surface area (Å²) in [5.41, 5.74) is 7.42. The molecule has 0 aromatic heterocycles. The summed E-state index contributed by atoms with van der Waals surface area (Å²) < 4.78 is 13.1. The lowest BCUT2D eigenvalue weighted by Gasteiger charge is -2.37. The number of rotatable bonds is 7. The van der Waals surface area contributed by atoms with E-state index in [1.54, 1.807) is 0 Å². The fraction of sp³-hybridized carbons (Fsp3) is 0.647. The van der Waals surface area contributed by atoms with Crippen LogP contribution in [-0.2, 0) is 0 Å². The highest BCUT2D eigenvalue weighted by molar-refractivity contribution is 5.21. The summed E-state index contributed by atoms with van der Waals surface area (Å²) in [7, 11) is 2.12. The molecule has 3 unspecified atom stereocenters. The minimum Gasteiger partial charge on any atom is -0.326 e. The van der Waals surface area contributed by atoms with Crippen LogP contribution < -0.4 is 5.73 Å². The standard InChI is InChI=1S/C17H29FN2/c1-6-16(19)17(14-7-9-15(18)10-8-14)20(5)13(4)11-12(2)3/h7-10,12-13,16-17H,6,11,19H2,1-5H3. The predicted octanol–water partition coefficient (Wildman–Crippen LogP) is 3.97. The Balaban J connectivity index is 2.97. The van der Waals surface area contributed by atoms with Crippen LogP contribution in [0.4, 0.5) is 4.39 Å². The van der Waals surface area contributed by atoms with Gasteiger partial charge in [0.05, 0.1) is 0 Å². The second-order valence-corrected chi connectivity index (χ2v) is 6.21. The molecule has 1 aromatic carbocycles. The smallest absolute Gasteiger partial charge is 0.123 e. The lowest BCUT2D eigenvalue weighted by Crippen LogP contribution is -2.43. The van der Waals surface area contributed by atoms with E-state index >= 15 is 0 Å². The molecule has 0 amide bonds. The molecule has 0 bridgehead atoms. The fourth-order valence-corrected chi connectivity index (χ4v) is 2.79. The second-order valence-electron chi connectivity index (χ2n) is 6.21. The molecule has 0 radical (unpaired) electrons. The average Bonchev–Trinajstić information content (AvgIpc) is 2.40. The van der Waals surface area contributed by atoms with Gasteiger partial charge in [-0.15, -0.1) is 0 Å². The molecular formula is C17H29FN2. The Bertz CT molecular complexity index is 388. The van der Waals surface area contributed by atoms with Gasteiger partial charge in [0.25, 0.3) is 0 Å². The van der Waals surface area contributed by atoms with E-state index in [-0.39, 0.29) is 17.9 Å². The lowest BCUT2D eigenvalue weighted by molar-refractivity contribution is 0.142. The number of hydrogen-bond acceptors (Lipinski definition) is 2. The molecule has 3 atom stereocenters. The van der Waals surface area contributed by atoms with Crippen LogP contribution in [0, 0.1) is 11.7 Å². The number of hydrogen-bond donors (Lipinski definition) is 1. The zero-order valence-electron chi connectivity index (χ0n) is 13.4. The van der Waals surface area contributed by atoms with Crippen LogP contribution >= 0.6 is 0 Å². The van der Waals surface area contributed by atoms with E-state index in [4.69, 9.17) is 5.73 Å². The van der Waals surface area contributed by atoms with Crippen LogP contribution in [0.1, 0.15) is 52.1 Å². The molecule has 20 heavy (non-hydrogen) atoms. The van der Waals surface area contributed by atoms with Crippen molar-refractivity contribution in [2.75, 3.05) is 7.05 Å². The third-order valence-corrected chi connectivity index (χ3v) is 4.04. The molecule has 0 aliphatic heterocycles. The van der Waals surface area contributed by atoms with E-state index in [0.717, 1.165) is 18.4 Å². The minimum atomic E-state index is -0.199. The van der Waals surface area contributed by atoms with Gasteiger partial charge in [0.15, 0.2) is 0 Å². The number of halogens is 1. The summed E-state index contributed by atoms with van der Waals surface area (Å²) in [4.78, 5) is 2.33. The Morgan fingerprint density at radius 3 is 2.15 bits per heavy atom. The van der Waals surface area contributed by atoms with Gasteiger partial charge in [-0.1, -0.05) is 32.9 Å². The van der Waals surface area contributed by atoms with Crippen LogP contribution in [0.2, 0.25) is 0 Å². The number of benzene rings is 1. The molecule has 2 N–H and O–H groups in total. The maximum Gasteiger partial charge on any atom is 0.123 e. The normalized spacial score (nSPS) is 16.4. The Morgan fingerprint density at radius 1 is 1.15 bits per heavy atom. The van der Waals surface area contributed by atoms with Crippen LogP contribution in [0.25, 0.3) is 0 Å². The van der Waals surface area contributed by atoms with Crippen molar-refractivity contribution < 1.29 is 4.39 Å². The fourth-order valence-electron chi connectivity index (χ4n) is 2.79. The largest absolute Gasteiger partial charge is 0.326 e. The van der Waals surface area contributed by atoms with Gasteiger partial charge >= 0.3 is 0 Å². The van der Waals surface area contributed by atoms with E-state index in [9.17, 15) is 4.39 Å². The molecule has 1 aromatic rings. The van der Waals surface area contributed by atoms with Crippen molar-refractivity contribution in [3.05, 3.63) is 35.6 Å². The first-order chi connectivity index (χ1) is 9.36. The Labute approximate surface area is 123 Å². The Kier molecular flexibility index (Phi) is 6.63. The highest BCUT2D eigenvalue weighted by Gasteiger charge is 2.26. The SMILES string of the molecule is CCC(N)C(c1ccc(F)cc1)N(C)C(C)CC(C)C. The van der Waals surface area contributed by atoms with Crippen molar-refractivity contribution in [2.45, 2.75) is 58.7 Å². The second kappa shape index (κ2) is 7.75. The summed E-state index contributed by atoms with van der Waals surface area (Å²) in [5, 5.41) is 0. The van der Waals surface area contributed by atoms with Crippen LogP contribution in [0.5, 0.6) is 0 Å². The third kappa shape index (κ3) is 4.57. The summed E-state index contributed by atoms with van der Waals surface area (Å²) in [6, 6.07) is 7.39. The van der Waals surface area contributed by atoms with Gasteiger partial charge in [0.1, 0.15) is 5.82 Å². The van der Waals surface area contributed by atoms with Gasteiger partial charge in [-0.2, -0.15) is 0 Å². The molecule has 0 spiro atoms. The topological polar surface area (TPSA) is 29.3 Å². The quantitative estimate of drug-likeness (QED) is 0.819. The average molecular weight is 280 g/mol. The van der Waals surface area contributed by atoms with Crippen molar-refractivity contribution in [1.29, 1.82) is 0 Å². The molecule has 0 saturated heterocycles. The van der Waals surface area contributed by atoms with Gasteiger partial charge in [0.2, 0.25) is 0 Å². The first-order valence-corrected chi connectivity index (χ1v) is 7.59. The molecule has 0 aliphatic carbocycles. The molecule has 114 valence electrons. The van der Waals surface area contributed by atoms with Crippen molar-refractivity contribution in [3.63, 3.8) is 0 Å². The summed E-state index contributed by atoms with van der Waals surface area (Å²) >= 11 is 0. The maximum absolute atomic E-state index is 13.1. The summed E-state index contributed by atoms with van der Waals surface area (Å²) in [6.45, 7) is 8.80. The van der Waals surface area contributed by atoms with Crippen LogP contribution in [0.15, 0.2) is 24.3 Å². The van der Waals surface area contributed by atoms with E-state index in [1.807, 2.05) is 12.1 Å². The van der Waals surface area contributed by atoms with Gasteiger partial charge < -0.3 is 5.73 Å². The Hall–Kier alpha value is -0.930. The maximum atomic E-state index is 13.1. The highest BCUT2D eigenvalue weighted by Crippen LogP contribution is 2.27. The third-order valence-electron chi connectivity index (χ3n) is 4.04. The zero-order chi connectivity index (χ0) is 15.3.